The number of aromatic nitrogens is 2. The Morgan fingerprint density at radius 2 is 1.97 bits per heavy atom. The average molecular weight is 559 g/mol. The second kappa shape index (κ2) is 12.9. The molecule has 1 unspecified atom stereocenters. The largest absolute Gasteiger partial charge is 0.481 e. The average Bonchev–Trinajstić information content (AvgIpc) is 3.51. The van der Waals surface area contributed by atoms with Gasteiger partial charge in [0.25, 0.3) is 11.8 Å². The fourth-order valence-electron chi connectivity index (χ4n) is 5.31. The number of amides is 1. The highest BCUT2D eigenvalue weighted by atomic mass is 19.4. The minimum atomic E-state index is -4.67. The van der Waals surface area contributed by atoms with Gasteiger partial charge in [-0.3, -0.25) is 14.5 Å². The molecule has 1 saturated heterocycles. The third-order valence-electron chi connectivity index (χ3n) is 7.11. The number of aliphatic carboxylic acids is 1. The Kier molecular flexibility index (Phi) is 10.1. The molecule has 39 heavy (non-hydrogen) atoms. The van der Waals surface area contributed by atoms with Crippen LogP contribution in [0.2, 0.25) is 0 Å². The standard InChI is InChI=1S/C27H35F5N4O3/c1-3-8-22(20(4-2)27(30,31)32)36-16-21(34-24(36)18-9-5-6-10-18)25(39)33-19(15-23(37)38)11-14-35-13-7-12-26(28,29)17-35/h3-4,8,16,18-19H,1,5-7,9-15,17H2,2H3,(H,33,39)(H,37,38)/b20-4+,22-8+. The second-order valence-corrected chi connectivity index (χ2v) is 10.1. The maximum atomic E-state index is 13.9. The third kappa shape index (κ3) is 8.23. The van der Waals surface area contributed by atoms with Crippen molar-refractivity contribution in [3.63, 3.8) is 0 Å². The van der Waals surface area contributed by atoms with Gasteiger partial charge in [-0.2, -0.15) is 13.2 Å². The summed E-state index contributed by atoms with van der Waals surface area (Å²) in [5.41, 5.74) is -1.28. The van der Waals surface area contributed by atoms with Crippen LogP contribution in [0.1, 0.15) is 80.5 Å². The summed E-state index contributed by atoms with van der Waals surface area (Å²) in [6.45, 7) is 4.99. The first-order valence-corrected chi connectivity index (χ1v) is 13.1. The van der Waals surface area contributed by atoms with Gasteiger partial charge in [-0.15, -0.1) is 0 Å². The van der Waals surface area contributed by atoms with Gasteiger partial charge in [0.2, 0.25) is 0 Å². The number of imidazole rings is 1. The Labute approximate surface area is 224 Å². The minimum Gasteiger partial charge on any atom is -0.481 e. The van der Waals surface area contributed by atoms with Gasteiger partial charge in [0.15, 0.2) is 0 Å². The quantitative estimate of drug-likeness (QED) is 0.266. The molecule has 1 aliphatic carbocycles. The summed E-state index contributed by atoms with van der Waals surface area (Å²) in [6, 6.07) is -0.880. The molecule has 2 N–H and O–H groups in total. The molecule has 3 rings (SSSR count). The zero-order valence-electron chi connectivity index (χ0n) is 21.9. The molecule has 2 aliphatic rings. The molecule has 2 heterocycles. The smallest absolute Gasteiger partial charge is 0.418 e. The SMILES string of the molecule is C=C/C=C(\C(=C/C)C(F)(F)F)n1cc(C(=O)NC(CCN2CCCC(F)(F)C2)CC(=O)O)nc1C1CCCC1. The van der Waals surface area contributed by atoms with E-state index in [4.69, 9.17) is 0 Å². The number of nitrogens with zero attached hydrogens (tertiary/aromatic N) is 3. The van der Waals surface area contributed by atoms with E-state index in [0.717, 1.165) is 18.9 Å². The Morgan fingerprint density at radius 1 is 1.28 bits per heavy atom. The Balaban J connectivity index is 1.87. The third-order valence-corrected chi connectivity index (χ3v) is 7.11. The molecular formula is C27H35F5N4O3. The van der Waals surface area contributed by atoms with Crippen molar-refractivity contribution in [2.24, 2.45) is 0 Å². The van der Waals surface area contributed by atoms with E-state index in [1.165, 1.54) is 29.8 Å². The van der Waals surface area contributed by atoms with Gasteiger partial charge in [0.1, 0.15) is 11.5 Å². The van der Waals surface area contributed by atoms with Crippen molar-refractivity contribution in [2.75, 3.05) is 19.6 Å². The molecular weight excluding hydrogens is 523 g/mol. The number of carbonyl (C=O) groups excluding carboxylic acids is 1. The van der Waals surface area contributed by atoms with Crippen LogP contribution in [0, 0.1) is 0 Å². The van der Waals surface area contributed by atoms with E-state index < -0.39 is 48.6 Å². The molecule has 12 heteroatoms. The van der Waals surface area contributed by atoms with E-state index in [-0.39, 0.29) is 36.7 Å². The van der Waals surface area contributed by atoms with Crippen molar-refractivity contribution in [1.82, 2.24) is 19.8 Å². The van der Waals surface area contributed by atoms with Crippen LogP contribution in [0.25, 0.3) is 5.70 Å². The summed E-state index contributed by atoms with van der Waals surface area (Å²) < 4.78 is 70.4. The molecule has 1 amide bonds. The Hall–Kier alpha value is -3.02. The summed E-state index contributed by atoms with van der Waals surface area (Å²) >= 11 is 0. The number of allylic oxidation sites excluding steroid dienone is 5. The maximum absolute atomic E-state index is 13.9. The lowest BCUT2D eigenvalue weighted by Crippen LogP contribution is -2.45. The van der Waals surface area contributed by atoms with Gasteiger partial charge >= 0.3 is 12.1 Å². The zero-order valence-corrected chi connectivity index (χ0v) is 21.9. The van der Waals surface area contributed by atoms with Crippen molar-refractivity contribution >= 4 is 17.6 Å². The summed E-state index contributed by atoms with van der Waals surface area (Å²) in [6.07, 6.45) is 2.93. The van der Waals surface area contributed by atoms with Crippen LogP contribution in [0.15, 0.2) is 36.6 Å². The maximum Gasteiger partial charge on any atom is 0.418 e. The first-order valence-electron chi connectivity index (χ1n) is 13.1. The first-order chi connectivity index (χ1) is 18.3. The predicted octanol–water partition coefficient (Wildman–Crippen LogP) is 5.77. The fraction of sp³-hybridized carbons (Fsp3) is 0.593. The molecule has 2 fully saturated rings. The lowest BCUT2D eigenvalue weighted by Gasteiger charge is -2.33. The van der Waals surface area contributed by atoms with Crippen molar-refractivity contribution in [1.29, 1.82) is 0 Å². The minimum absolute atomic E-state index is 0.114. The van der Waals surface area contributed by atoms with Crippen LogP contribution in [-0.2, 0) is 4.79 Å². The zero-order chi connectivity index (χ0) is 28.8. The fourth-order valence-corrected chi connectivity index (χ4v) is 5.31. The number of carboxylic acid groups (broad SMARTS) is 1. The number of hydrogen-bond donors (Lipinski definition) is 2. The van der Waals surface area contributed by atoms with Crippen molar-refractivity contribution in [2.45, 2.75) is 82.3 Å². The Bertz CT molecular complexity index is 1100. The van der Waals surface area contributed by atoms with Crippen LogP contribution >= 0.6 is 0 Å². The first kappa shape index (κ1) is 30.5. The molecule has 0 radical (unpaired) electrons. The number of nitrogens with one attached hydrogen (secondary N) is 1. The van der Waals surface area contributed by atoms with E-state index in [1.807, 2.05) is 0 Å². The van der Waals surface area contributed by atoms with Crippen molar-refractivity contribution in [3.8, 4) is 0 Å². The molecule has 0 bridgehead atoms. The molecule has 1 aromatic rings. The number of hydrogen-bond acceptors (Lipinski definition) is 4. The summed E-state index contributed by atoms with van der Waals surface area (Å²) in [4.78, 5) is 30.6. The highest BCUT2D eigenvalue weighted by Gasteiger charge is 2.38. The molecule has 1 aliphatic heterocycles. The number of rotatable bonds is 11. The van der Waals surface area contributed by atoms with E-state index in [0.29, 0.717) is 31.6 Å². The van der Waals surface area contributed by atoms with Crippen LogP contribution in [0.4, 0.5) is 22.0 Å². The molecule has 0 aromatic carbocycles. The molecule has 0 spiro atoms. The number of carbonyl (C=O) groups is 2. The van der Waals surface area contributed by atoms with Gasteiger partial charge in [-0.25, -0.2) is 13.8 Å². The monoisotopic (exact) mass is 558 g/mol. The lowest BCUT2D eigenvalue weighted by atomic mass is 10.1. The lowest BCUT2D eigenvalue weighted by molar-refractivity contribution is -0.137. The molecule has 1 atom stereocenters. The van der Waals surface area contributed by atoms with Gasteiger partial charge in [0, 0.05) is 31.1 Å². The summed E-state index contributed by atoms with van der Waals surface area (Å²) in [5.74, 6) is -4.57. The normalized spacial score (nSPS) is 20.2. The number of likely N-dealkylation sites (tertiary alicyclic amines) is 1. The van der Waals surface area contributed by atoms with Crippen molar-refractivity contribution < 1.29 is 36.6 Å². The van der Waals surface area contributed by atoms with E-state index in [9.17, 15) is 36.6 Å². The van der Waals surface area contributed by atoms with Crippen LogP contribution in [0.5, 0.6) is 0 Å². The summed E-state index contributed by atoms with van der Waals surface area (Å²) in [7, 11) is 0. The van der Waals surface area contributed by atoms with Crippen LogP contribution in [-0.4, -0.2) is 69.2 Å². The second-order valence-electron chi connectivity index (χ2n) is 10.1. The van der Waals surface area contributed by atoms with E-state index >= 15 is 0 Å². The highest BCUT2D eigenvalue weighted by Crippen LogP contribution is 2.39. The van der Waals surface area contributed by atoms with Gasteiger partial charge in [-0.1, -0.05) is 31.6 Å². The van der Waals surface area contributed by atoms with Crippen LogP contribution in [0.3, 0.4) is 0 Å². The van der Waals surface area contributed by atoms with Crippen molar-refractivity contribution in [3.05, 3.63) is 48.1 Å². The van der Waals surface area contributed by atoms with Gasteiger partial charge in [-0.05, 0) is 45.2 Å². The number of alkyl halides is 5. The molecule has 1 aromatic heterocycles. The van der Waals surface area contributed by atoms with E-state index in [2.05, 4.69) is 16.9 Å². The predicted molar refractivity (Wildman–Crippen MR) is 136 cm³/mol. The van der Waals surface area contributed by atoms with E-state index in [1.54, 1.807) is 4.90 Å². The molecule has 1 saturated carbocycles. The van der Waals surface area contributed by atoms with Gasteiger partial charge in [0.05, 0.1) is 24.2 Å². The summed E-state index contributed by atoms with van der Waals surface area (Å²) in [5, 5.41) is 12.0. The molecule has 7 nitrogen and oxygen atoms in total. The number of halogens is 5. The molecule has 216 valence electrons. The van der Waals surface area contributed by atoms with Gasteiger partial charge < -0.3 is 15.0 Å². The number of carboxylic acids is 1. The van der Waals surface area contributed by atoms with Crippen LogP contribution < -0.4 is 5.32 Å². The Morgan fingerprint density at radius 3 is 2.54 bits per heavy atom. The number of piperidine rings is 1. The highest BCUT2D eigenvalue weighted by molar-refractivity contribution is 5.93. The topological polar surface area (TPSA) is 87.5 Å².